The Labute approximate surface area is 93.1 Å². The predicted molar refractivity (Wildman–Crippen MR) is 59.6 cm³/mol. The van der Waals surface area contributed by atoms with Crippen LogP contribution < -0.4 is 0 Å². The molecule has 0 saturated carbocycles. The molecule has 2 aromatic rings. The van der Waals surface area contributed by atoms with E-state index in [0.29, 0.717) is 5.52 Å². The van der Waals surface area contributed by atoms with E-state index in [4.69, 9.17) is 0 Å². The van der Waals surface area contributed by atoms with Crippen LogP contribution in [0, 0.1) is 11.6 Å². The lowest BCUT2D eigenvalue weighted by Crippen LogP contribution is -2.15. The molecule has 0 saturated heterocycles. The summed E-state index contributed by atoms with van der Waals surface area (Å²) < 4.78 is 28.0. The van der Waals surface area contributed by atoms with Gasteiger partial charge in [-0.1, -0.05) is 0 Å². The van der Waals surface area contributed by atoms with Crippen molar-refractivity contribution in [2.75, 3.05) is 20.6 Å². The minimum atomic E-state index is -0.549. The van der Waals surface area contributed by atoms with Gasteiger partial charge in [-0.15, -0.1) is 0 Å². The molecule has 4 heteroatoms. The zero-order valence-electron chi connectivity index (χ0n) is 9.37. The highest BCUT2D eigenvalue weighted by atomic mass is 19.1. The molecular formula is C12H14F2N2. The molecule has 0 atom stereocenters. The molecular weight excluding hydrogens is 210 g/mol. The number of hydrogen-bond acceptors (Lipinski definition) is 1. The summed E-state index contributed by atoms with van der Waals surface area (Å²) in [5.41, 5.74) is 1.34. The maximum Gasteiger partial charge on any atom is 0.150 e. The van der Waals surface area contributed by atoms with E-state index in [1.54, 1.807) is 10.5 Å². The monoisotopic (exact) mass is 224 g/mol. The first-order valence-corrected chi connectivity index (χ1v) is 5.17. The second-order valence-electron chi connectivity index (χ2n) is 4.14. The highest BCUT2D eigenvalue weighted by molar-refractivity contribution is 5.51. The zero-order valence-corrected chi connectivity index (χ0v) is 9.37. The molecule has 0 fully saturated rings. The fraction of sp³-hybridized carbons (Fsp3) is 0.333. The maximum absolute atomic E-state index is 13.4. The Morgan fingerprint density at radius 3 is 2.69 bits per heavy atom. The zero-order chi connectivity index (χ0) is 11.7. The Morgan fingerprint density at radius 2 is 2.00 bits per heavy atom. The molecule has 0 radical (unpaired) electrons. The molecule has 0 N–H and O–H groups in total. The van der Waals surface area contributed by atoms with E-state index < -0.39 is 11.6 Å². The van der Waals surface area contributed by atoms with Gasteiger partial charge in [0.2, 0.25) is 0 Å². The summed E-state index contributed by atoms with van der Waals surface area (Å²) in [6.07, 6.45) is 2.09. The van der Waals surface area contributed by atoms with Crippen LogP contribution >= 0.6 is 0 Å². The Bertz CT molecular complexity index is 503. The summed E-state index contributed by atoms with van der Waals surface area (Å²) in [4.78, 5) is 2.04. The average Bonchev–Trinajstić information content (AvgIpc) is 2.58. The van der Waals surface area contributed by atoms with Crippen molar-refractivity contribution in [2.45, 2.75) is 6.42 Å². The van der Waals surface area contributed by atoms with Crippen molar-refractivity contribution < 1.29 is 8.78 Å². The largest absolute Gasteiger partial charge is 0.315 e. The van der Waals surface area contributed by atoms with Gasteiger partial charge in [0, 0.05) is 30.9 Å². The lowest BCUT2D eigenvalue weighted by Gasteiger charge is -2.09. The molecule has 0 amide bonds. The normalized spacial score (nSPS) is 11.6. The summed E-state index contributed by atoms with van der Waals surface area (Å²) in [5, 5.41) is 0. The topological polar surface area (TPSA) is 7.65 Å². The summed E-state index contributed by atoms with van der Waals surface area (Å²) >= 11 is 0. The van der Waals surface area contributed by atoms with Crippen molar-refractivity contribution >= 4 is 5.52 Å². The number of fused-ring (bicyclic) bond motifs is 1. The van der Waals surface area contributed by atoms with Crippen LogP contribution in [0.2, 0.25) is 0 Å². The second-order valence-corrected chi connectivity index (χ2v) is 4.14. The lowest BCUT2D eigenvalue weighted by molar-refractivity contribution is 0.411. The van der Waals surface area contributed by atoms with Crippen molar-refractivity contribution in [3.05, 3.63) is 41.7 Å². The molecule has 0 spiro atoms. The summed E-state index contributed by atoms with van der Waals surface area (Å²) in [5.74, 6) is -1.07. The lowest BCUT2D eigenvalue weighted by atomic mass is 10.3. The van der Waals surface area contributed by atoms with Gasteiger partial charge in [0.05, 0.1) is 5.52 Å². The van der Waals surface area contributed by atoms with Gasteiger partial charge in [0.25, 0.3) is 0 Å². The van der Waals surface area contributed by atoms with Crippen LogP contribution in [-0.4, -0.2) is 29.9 Å². The van der Waals surface area contributed by atoms with Gasteiger partial charge in [-0.2, -0.15) is 0 Å². The first kappa shape index (κ1) is 11.1. The maximum atomic E-state index is 13.4. The van der Waals surface area contributed by atoms with Crippen molar-refractivity contribution in [1.29, 1.82) is 0 Å². The molecule has 16 heavy (non-hydrogen) atoms. The number of aromatic nitrogens is 1. The standard InChI is InChI=1S/C12H14F2N2/c1-15(2)6-5-10-3-4-12-11(14)7-9(13)8-16(10)12/h3-4,7-8H,5-6H2,1-2H3. The quantitative estimate of drug-likeness (QED) is 0.776. The summed E-state index contributed by atoms with van der Waals surface area (Å²) in [7, 11) is 3.94. The molecule has 0 aromatic carbocycles. The number of halogens is 2. The number of rotatable bonds is 3. The third kappa shape index (κ3) is 2.07. The Morgan fingerprint density at radius 1 is 1.25 bits per heavy atom. The molecule has 2 heterocycles. The molecule has 2 rings (SSSR count). The molecule has 0 unspecified atom stereocenters. The third-order valence-electron chi connectivity index (χ3n) is 2.58. The van der Waals surface area contributed by atoms with E-state index in [1.165, 1.54) is 6.20 Å². The fourth-order valence-corrected chi connectivity index (χ4v) is 1.74. The SMILES string of the molecule is CN(C)CCc1ccc2c(F)cc(F)cn12. The molecule has 0 aliphatic carbocycles. The van der Waals surface area contributed by atoms with Crippen LogP contribution in [0.3, 0.4) is 0 Å². The van der Waals surface area contributed by atoms with E-state index in [1.807, 2.05) is 25.1 Å². The van der Waals surface area contributed by atoms with Crippen LogP contribution in [0.25, 0.3) is 5.52 Å². The van der Waals surface area contributed by atoms with Crippen molar-refractivity contribution in [1.82, 2.24) is 9.30 Å². The van der Waals surface area contributed by atoms with E-state index in [-0.39, 0.29) is 0 Å². The van der Waals surface area contributed by atoms with Crippen LogP contribution in [-0.2, 0) is 6.42 Å². The van der Waals surface area contributed by atoms with Gasteiger partial charge < -0.3 is 9.30 Å². The van der Waals surface area contributed by atoms with Gasteiger partial charge in [-0.05, 0) is 26.2 Å². The van der Waals surface area contributed by atoms with E-state index >= 15 is 0 Å². The van der Waals surface area contributed by atoms with Crippen LogP contribution in [0.15, 0.2) is 24.4 Å². The second kappa shape index (κ2) is 4.22. The number of hydrogen-bond donors (Lipinski definition) is 0. The van der Waals surface area contributed by atoms with Gasteiger partial charge in [0.15, 0.2) is 0 Å². The Balaban J connectivity index is 2.40. The molecule has 0 aliphatic heterocycles. The van der Waals surface area contributed by atoms with Crippen molar-refractivity contribution in [3.63, 3.8) is 0 Å². The minimum Gasteiger partial charge on any atom is -0.315 e. The number of pyridine rings is 1. The number of nitrogens with zero attached hydrogens (tertiary/aromatic N) is 2. The van der Waals surface area contributed by atoms with Gasteiger partial charge in [0.1, 0.15) is 11.6 Å². The molecule has 2 aromatic heterocycles. The highest BCUT2D eigenvalue weighted by Crippen LogP contribution is 2.16. The van der Waals surface area contributed by atoms with E-state index in [2.05, 4.69) is 0 Å². The van der Waals surface area contributed by atoms with Crippen molar-refractivity contribution in [2.24, 2.45) is 0 Å². The van der Waals surface area contributed by atoms with Crippen LogP contribution in [0.5, 0.6) is 0 Å². The smallest absolute Gasteiger partial charge is 0.150 e. The molecule has 0 bridgehead atoms. The fourth-order valence-electron chi connectivity index (χ4n) is 1.74. The molecule has 2 nitrogen and oxygen atoms in total. The first-order valence-electron chi connectivity index (χ1n) is 5.17. The Kier molecular flexibility index (Phi) is 2.92. The van der Waals surface area contributed by atoms with Crippen LogP contribution in [0.4, 0.5) is 8.78 Å². The summed E-state index contributed by atoms with van der Waals surface area (Å²) in [6, 6.07) is 4.42. The Hall–Kier alpha value is -1.42. The van der Waals surface area contributed by atoms with Crippen molar-refractivity contribution in [3.8, 4) is 0 Å². The predicted octanol–water partition coefficient (Wildman–Crippen LogP) is 2.32. The third-order valence-corrected chi connectivity index (χ3v) is 2.58. The van der Waals surface area contributed by atoms with Crippen LogP contribution in [0.1, 0.15) is 5.69 Å². The van der Waals surface area contributed by atoms with E-state index in [9.17, 15) is 8.78 Å². The van der Waals surface area contributed by atoms with Gasteiger partial charge in [-0.3, -0.25) is 0 Å². The summed E-state index contributed by atoms with van der Waals surface area (Å²) in [6.45, 7) is 0.851. The van der Waals surface area contributed by atoms with Gasteiger partial charge in [-0.25, -0.2) is 8.78 Å². The van der Waals surface area contributed by atoms with E-state index in [0.717, 1.165) is 24.7 Å². The first-order chi connectivity index (χ1) is 7.58. The molecule has 0 aliphatic rings. The average molecular weight is 224 g/mol. The highest BCUT2D eigenvalue weighted by Gasteiger charge is 2.08. The molecule has 86 valence electrons. The van der Waals surface area contributed by atoms with Gasteiger partial charge >= 0.3 is 0 Å². The minimum absolute atomic E-state index is 0.426. The number of likely N-dealkylation sites (N-methyl/N-ethyl adjacent to an activating group) is 1.